The molecule has 0 amide bonds. The lowest BCUT2D eigenvalue weighted by Crippen LogP contribution is -2.00. The average molecular weight is 273 g/mol. The molecular weight excluding hydrogens is 254 g/mol. The third-order valence-electron chi connectivity index (χ3n) is 2.77. The fourth-order valence-corrected chi connectivity index (χ4v) is 2.72. The van der Waals surface area contributed by atoms with Crippen molar-refractivity contribution in [1.29, 1.82) is 0 Å². The summed E-state index contributed by atoms with van der Waals surface area (Å²) in [4.78, 5) is 10.1. The Kier molecular flexibility index (Phi) is 4.80. The summed E-state index contributed by atoms with van der Waals surface area (Å²) in [6.07, 6.45) is 3.63. The zero-order valence-electron chi connectivity index (χ0n) is 11.6. The summed E-state index contributed by atoms with van der Waals surface area (Å²) >= 11 is 1.81. The molecule has 0 atom stereocenters. The molecule has 3 nitrogen and oxygen atoms in total. The van der Waals surface area contributed by atoms with Gasteiger partial charge in [-0.3, -0.25) is 4.98 Å². The van der Waals surface area contributed by atoms with Crippen molar-refractivity contribution in [2.24, 2.45) is 0 Å². The molecule has 2 rings (SSSR count). The van der Waals surface area contributed by atoms with Crippen LogP contribution in [0, 0.1) is 13.8 Å². The Morgan fingerprint density at radius 1 is 1.16 bits per heavy atom. The maximum Gasteiger partial charge on any atom is 0.144 e. The van der Waals surface area contributed by atoms with E-state index < -0.39 is 0 Å². The van der Waals surface area contributed by atoms with Gasteiger partial charge in [-0.05, 0) is 32.4 Å². The number of thioether (sulfide) groups is 1. The smallest absolute Gasteiger partial charge is 0.144 e. The van der Waals surface area contributed by atoms with Crippen LogP contribution in [-0.4, -0.2) is 16.5 Å². The summed E-state index contributed by atoms with van der Waals surface area (Å²) in [5.74, 6) is 1.69. The Labute approximate surface area is 118 Å². The van der Waals surface area contributed by atoms with Gasteiger partial charge in [-0.25, -0.2) is 4.98 Å². The normalized spacial score (nSPS) is 10.5. The highest BCUT2D eigenvalue weighted by molar-refractivity contribution is 7.98. The molecule has 0 aliphatic heterocycles. The molecule has 0 fully saturated rings. The number of benzene rings is 1. The summed E-state index contributed by atoms with van der Waals surface area (Å²) in [7, 11) is 0. The van der Waals surface area contributed by atoms with E-state index in [4.69, 9.17) is 0 Å². The molecule has 1 heterocycles. The van der Waals surface area contributed by atoms with Crippen LogP contribution >= 0.6 is 11.8 Å². The fourth-order valence-electron chi connectivity index (χ4n) is 1.81. The SMILES string of the molecule is CCNc1cnc(CSc2ccc(C)cc2C)cn1. The maximum atomic E-state index is 4.41. The van der Waals surface area contributed by atoms with E-state index in [9.17, 15) is 0 Å². The molecule has 0 saturated heterocycles. The van der Waals surface area contributed by atoms with Gasteiger partial charge >= 0.3 is 0 Å². The van der Waals surface area contributed by atoms with Gasteiger partial charge in [0.15, 0.2) is 0 Å². The van der Waals surface area contributed by atoms with Crippen LogP contribution in [0.4, 0.5) is 5.82 Å². The molecule has 1 N–H and O–H groups in total. The third-order valence-corrected chi connectivity index (χ3v) is 3.98. The van der Waals surface area contributed by atoms with E-state index in [1.807, 2.05) is 13.1 Å². The summed E-state index contributed by atoms with van der Waals surface area (Å²) in [6, 6.07) is 6.54. The summed E-state index contributed by atoms with van der Waals surface area (Å²) < 4.78 is 0. The number of anilines is 1. The zero-order valence-corrected chi connectivity index (χ0v) is 12.4. The first-order valence-electron chi connectivity index (χ1n) is 6.44. The van der Waals surface area contributed by atoms with E-state index in [-0.39, 0.29) is 0 Å². The monoisotopic (exact) mass is 273 g/mol. The molecule has 2 aromatic rings. The van der Waals surface area contributed by atoms with Gasteiger partial charge in [-0.1, -0.05) is 17.7 Å². The lowest BCUT2D eigenvalue weighted by Gasteiger charge is -2.07. The van der Waals surface area contributed by atoms with Crippen molar-refractivity contribution >= 4 is 17.6 Å². The fraction of sp³-hybridized carbons (Fsp3) is 0.333. The van der Waals surface area contributed by atoms with Crippen molar-refractivity contribution in [1.82, 2.24) is 9.97 Å². The van der Waals surface area contributed by atoms with Gasteiger partial charge in [0.2, 0.25) is 0 Å². The number of aromatic nitrogens is 2. The van der Waals surface area contributed by atoms with Crippen LogP contribution in [0.1, 0.15) is 23.7 Å². The van der Waals surface area contributed by atoms with Crippen molar-refractivity contribution < 1.29 is 0 Å². The zero-order chi connectivity index (χ0) is 13.7. The Hall–Kier alpha value is -1.55. The minimum atomic E-state index is 0.836. The second-order valence-electron chi connectivity index (χ2n) is 4.48. The van der Waals surface area contributed by atoms with E-state index in [1.165, 1.54) is 16.0 Å². The van der Waals surface area contributed by atoms with Crippen LogP contribution in [0.5, 0.6) is 0 Å². The Morgan fingerprint density at radius 3 is 2.63 bits per heavy atom. The molecule has 0 unspecified atom stereocenters. The molecule has 1 aromatic heterocycles. The highest BCUT2D eigenvalue weighted by Crippen LogP contribution is 2.25. The van der Waals surface area contributed by atoms with Crippen molar-refractivity contribution in [3.8, 4) is 0 Å². The van der Waals surface area contributed by atoms with Crippen LogP contribution in [0.2, 0.25) is 0 Å². The molecular formula is C15H19N3S. The first kappa shape index (κ1) is 13.9. The highest BCUT2D eigenvalue weighted by Gasteiger charge is 2.02. The number of nitrogens with zero attached hydrogens (tertiary/aromatic N) is 2. The van der Waals surface area contributed by atoms with Crippen LogP contribution < -0.4 is 5.32 Å². The number of hydrogen-bond acceptors (Lipinski definition) is 4. The van der Waals surface area contributed by atoms with Crippen LogP contribution in [-0.2, 0) is 5.75 Å². The Balaban J connectivity index is 1.98. The van der Waals surface area contributed by atoms with Crippen molar-refractivity contribution in [3.05, 3.63) is 47.4 Å². The topological polar surface area (TPSA) is 37.8 Å². The average Bonchev–Trinajstić information content (AvgIpc) is 2.40. The van der Waals surface area contributed by atoms with Crippen molar-refractivity contribution in [2.45, 2.75) is 31.4 Å². The molecule has 0 aliphatic carbocycles. The number of nitrogens with one attached hydrogen (secondary N) is 1. The maximum absolute atomic E-state index is 4.41. The first-order valence-corrected chi connectivity index (χ1v) is 7.42. The summed E-state index contributed by atoms with van der Waals surface area (Å²) in [5, 5.41) is 3.14. The number of hydrogen-bond donors (Lipinski definition) is 1. The molecule has 4 heteroatoms. The van der Waals surface area contributed by atoms with Crippen LogP contribution in [0.25, 0.3) is 0 Å². The second-order valence-corrected chi connectivity index (χ2v) is 5.50. The van der Waals surface area contributed by atoms with Gasteiger partial charge in [0.25, 0.3) is 0 Å². The standard InChI is InChI=1S/C15H19N3S/c1-4-16-15-9-17-13(8-18-15)10-19-14-6-5-11(2)7-12(14)3/h5-9H,4,10H2,1-3H3,(H,16,18). The van der Waals surface area contributed by atoms with E-state index in [0.29, 0.717) is 0 Å². The van der Waals surface area contributed by atoms with Crippen molar-refractivity contribution in [3.63, 3.8) is 0 Å². The molecule has 19 heavy (non-hydrogen) atoms. The number of rotatable bonds is 5. The third kappa shape index (κ3) is 3.96. The van der Waals surface area contributed by atoms with E-state index in [2.05, 4.69) is 47.3 Å². The van der Waals surface area contributed by atoms with Gasteiger partial charge in [0.1, 0.15) is 5.82 Å². The van der Waals surface area contributed by atoms with E-state index in [1.54, 1.807) is 18.0 Å². The molecule has 100 valence electrons. The summed E-state index contributed by atoms with van der Waals surface area (Å²) in [6.45, 7) is 7.18. The minimum Gasteiger partial charge on any atom is -0.369 e. The van der Waals surface area contributed by atoms with Gasteiger partial charge in [-0.2, -0.15) is 0 Å². The molecule has 0 aliphatic rings. The minimum absolute atomic E-state index is 0.836. The first-order chi connectivity index (χ1) is 9.19. The molecule has 0 saturated carbocycles. The van der Waals surface area contributed by atoms with Gasteiger partial charge in [0, 0.05) is 17.2 Å². The lowest BCUT2D eigenvalue weighted by atomic mass is 10.2. The molecule has 0 spiro atoms. The van der Waals surface area contributed by atoms with Crippen molar-refractivity contribution in [2.75, 3.05) is 11.9 Å². The van der Waals surface area contributed by atoms with E-state index in [0.717, 1.165) is 23.8 Å². The van der Waals surface area contributed by atoms with Gasteiger partial charge in [0.05, 0.1) is 18.1 Å². The van der Waals surface area contributed by atoms with Gasteiger partial charge in [-0.15, -0.1) is 11.8 Å². The number of aryl methyl sites for hydroxylation is 2. The lowest BCUT2D eigenvalue weighted by molar-refractivity contribution is 1.07. The largest absolute Gasteiger partial charge is 0.369 e. The predicted octanol–water partition coefficient (Wildman–Crippen LogP) is 3.82. The Bertz CT molecular complexity index is 538. The van der Waals surface area contributed by atoms with E-state index >= 15 is 0 Å². The highest BCUT2D eigenvalue weighted by atomic mass is 32.2. The van der Waals surface area contributed by atoms with Gasteiger partial charge < -0.3 is 5.32 Å². The molecule has 1 aromatic carbocycles. The molecule has 0 bridgehead atoms. The van der Waals surface area contributed by atoms with Crippen LogP contribution in [0.15, 0.2) is 35.5 Å². The second kappa shape index (κ2) is 6.57. The molecule has 0 radical (unpaired) electrons. The summed E-state index contributed by atoms with van der Waals surface area (Å²) in [5.41, 5.74) is 3.63. The van der Waals surface area contributed by atoms with Crippen LogP contribution in [0.3, 0.4) is 0 Å². The quantitative estimate of drug-likeness (QED) is 0.840. The Morgan fingerprint density at radius 2 is 2.00 bits per heavy atom. The predicted molar refractivity (Wildman–Crippen MR) is 81.7 cm³/mol.